The number of rotatable bonds is 9. The van der Waals surface area contributed by atoms with Crippen LogP contribution in [-0.4, -0.2) is 42.7 Å². The number of ether oxygens (including phenoxy) is 2. The van der Waals surface area contributed by atoms with E-state index in [0.29, 0.717) is 48.9 Å². The lowest BCUT2D eigenvalue weighted by molar-refractivity contribution is 0.0144. The summed E-state index contributed by atoms with van der Waals surface area (Å²) in [4.78, 5) is 6.67. The lowest BCUT2D eigenvalue weighted by Crippen LogP contribution is -2.41. The third-order valence-corrected chi connectivity index (χ3v) is 6.37. The van der Waals surface area contributed by atoms with Gasteiger partial charge in [0.25, 0.3) is 0 Å². The molecule has 1 aliphatic rings. The summed E-state index contributed by atoms with van der Waals surface area (Å²) in [5.74, 6) is 2.22. The number of anilines is 1. The molecular formula is C27H25ClN4O4. The lowest BCUT2D eigenvalue weighted by atomic mass is 10.1. The Morgan fingerprint density at radius 2 is 1.89 bits per heavy atom. The summed E-state index contributed by atoms with van der Waals surface area (Å²) in [6.45, 7) is 3.79. The number of oxazole rings is 1. The summed E-state index contributed by atoms with van der Waals surface area (Å²) in [6, 6.07) is 20.8. The highest BCUT2D eigenvalue weighted by Crippen LogP contribution is 2.29. The Morgan fingerprint density at radius 1 is 1.08 bits per heavy atom. The van der Waals surface area contributed by atoms with Gasteiger partial charge < -0.3 is 23.6 Å². The average Bonchev–Trinajstić information content (AvgIpc) is 3.60. The molecule has 0 radical (unpaired) electrons. The van der Waals surface area contributed by atoms with Gasteiger partial charge in [0.2, 0.25) is 17.5 Å². The summed E-state index contributed by atoms with van der Waals surface area (Å²) in [5, 5.41) is 13.6. The first kappa shape index (κ1) is 23.9. The van der Waals surface area contributed by atoms with Crippen LogP contribution in [0.3, 0.4) is 0 Å². The van der Waals surface area contributed by atoms with Crippen LogP contribution in [0.4, 0.5) is 5.88 Å². The van der Waals surface area contributed by atoms with Gasteiger partial charge in [0, 0.05) is 35.8 Å². The maximum atomic E-state index is 9.63. The van der Waals surface area contributed by atoms with Gasteiger partial charge in [-0.25, -0.2) is 0 Å². The predicted molar refractivity (Wildman–Crippen MR) is 135 cm³/mol. The van der Waals surface area contributed by atoms with Crippen molar-refractivity contribution in [3.05, 3.63) is 89.0 Å². The molecule has 184 valence electrons. The number of benzene rings is 2. The van der Waals surface area contributed by atoms with Gasteiger partial charge in [-0.05, 0) is 42.5 Å². The van der Waals surface area contributed by atoms with Crippen LogP contribution in [0.25, 0.3) is 11.5 Å². The minimum Gasteiger partial charge on any atom is -0.489 e. The summed E-state index contributed by atoms with van der Waals surface area (Å²) in [6.07, 6.45) is 1.66. The molecule has 4 aromatic rings. The zero-order valence-electron chi connectivity index (χ0n) is 19.5. The predicted octanol–water partition coefficient (Wildman–Crippen LogP) is 5.52. The Balaban J connectivity index is 1.27. The number of nitrogens with one attached hydrogen (secondary N) is 1. The molecule has 9 heteroatoms. The van der Waals surface area contributed by atoms with E-state index in [1.165, 1.54) is 0 Å². The molecule has 1 aliphatic heterocycles. The molecule has 8 nitrogen and oxygen atoms in total. The highest BCUT2D eigenvalue weighted by atomic mass is 35.5. The maximum Gasteiger partial charge on any atom is 0.232 e. The largest absolute Gasteiger partial charge is 0.489 e. The second-order valence-electron chi connectivity index (χ2n) is 8.27. The monoisotopic (exact) mass is 504 g/mol. The minimum absolute atomic E-state index is 0.0291. The van der Waals surface area contributed by atoms with Crippen LogP contribution < -0.4 is 10.1 Å². The normalized spacial score (nSPS) is 14.8. The van der Waals surface area contributed by atoms with Crippen molar-refractivity contribution in [3.63, 3.8) is 0 Å². The van der Waals surface area contributed by atoms with E-state index >= 15 is 0 Å². The Labute approximate surface area is 214 Å². The first-order chi connectivity index (χ1) is 17.7. The maximum absolute atomic E-state index is 9.63. The van der Waals surface area contributed by atoms with Gasteiger partial charge >= 0.3 is 0 Å². The fourth-order valence-corrected chi connectivity index (χ4v) is 4.27. The van der Waals surface area contributed by atoms with E-state index in [2.05, 4.69) is 21.3 Å². The Morgan fingerprint density at radius 3 is 2.61 bits per heavy atom. The zero-order valence-corrected chi connectivity index (χ0v) is 20.3. The van der Waals surface area contributed by atoms with Crippen LogP contribution >= 0.6 is 11.6 Å². The molecule has 2 aromatic heterocycles. The second-order valence-corrected chi connectivity index (χ2v) is 8.68. The molecule has 36 heavy (non-hydrogen) atoms. The van der Waals surface area contributed by atoms with Gasteiger partial charge in [-0.1, -0.05) is 29.8 Å². The van der Waals surface area contributed by atoms with Crippen molar-refractivity contribution in [2.24, 2.45) is 0 Å². The van der Waals surface area contributed by atoms with E-state index in [1.54, 1.807) is 6.26 Å². The third kappa shape index (κ3) is 5.55. The number of nitriles is 1. The molecule has 2 aromatic carbocycles. The molecule has 0 aliphatic carbocycles. The molecular weight excluding hydrogens is 480 g/mol. The minimum atomic E-state index is -0.0291. The molecule has 0 spiro atoms. The molecule has 0 bridgehead atoms. The Bertz CT molecular complexity index is 1310. The van der Waals surface area contributed by atoms with Crippen molar-refractivity contribution >= 4 is 17.5 Å². The molecule has 3 heterocycles. The molecule has 5 rings (SSSR count). The summed E-state index contributed by atoms with van der Waals surface area (Å²) in [7, 11) is 0. The van der Waals surface area contributed by atoms with E-state index in [-0.39, 0.29) is 11.7 Å². The van der Waals surface area contributed by atoms with Crippen LogP contribution in [0, 0.1) is 11.3 Å². The summed E-state index contributed by atoms with van der Waals surface area (Å²) < 4.78 is 23.0. The van der Waals surface area contributed by atoms with E-state index in [0.717, 1.165) is 30.0 Å². The van der Waals surface area contributed by atoms with Gasteiger partial charge in [0.15, 0.2) is 0 Å². The molecule has 1 N–H and O–H groups in total. The van der Waals surface area contributed by atoms with Gasteiger partial charge in [-0.15, -0.1) is 0 Å². The quantitative estimate of drug-likeness (QED) is 0.318. The third-order valence-electron chi connectivity index (χ3n) is 6.00. The number of hydrogen-bond donors (Lipinski definition) is 1. The molecule has 0 amide bonds. The van der Waals surface area contributed by atoms with Crippen molar-refractivity contribution in [3.8, 4) is 23.3 Å². The number of morpholine rings is 1. The van der Waals surface area contributed by atoms with Crippen molar-refractivity contribution in [1.29, 1.82) is 5.26 Å². The van der Waals surface area contributed by atoms with Crippen LogP contribution in [-0.2, 0) is 11.3 Å². The molecule has 1 atom stereocenters. The fourth-order valence-electron chi connectivity index (χ4n) is 4.08. The number of furan rings is 1. The van der Waals surface area contributed by atoms with Gasteiger partial charge in [0.05, 0.1) is 25.5 Å². The van der Waals surface area contributed by atoms with E-state index < -0.39 is 0 Å². The Hall–Kier alpha value is -3.77. The first-order valence-corrected chi connectivity index (χ1v) is 12.1. The van der Waals surface area contributed by atoms with E-state index in [9.17, 15) is 5.26 Å². The van der Waals surface area contributed by atoms with Crippen LogP contribution in [0.15, 0.2) is 75.8 Å². The average molecular weight is 505 g/mol. The van der Waals surface area contributed by atoms with Gasteiger partial charge in [-0.2, -0.15) is 10.2 Å². The summed E-state index contributed by atoms with van der Waals surface area (Å²) in [5.41, 5.74) is 1.85. The van der Waals surface area contributed by atoms with Crippen LogP contribution in [0.5, 0.6) is 5.75 Å². The standard InChI is InChI=1S/C27H25ClN4O4/c28-22-5-2-1-4-20(22)18-35-21-9-7-19(8-10-21)26-31-23(16-29)27(36-26)30-17-24(25-6-3-13-34-25)32-11-14-33-15-12-32/h1-10,13,24,30H,11-12,14-15,17-18H2/t24-/m0/s1. The van der Waals surface area contributed by atoms with E-state index in [1.807, 2.05) is 60.7 Å². The van der Waals surface area contributed by atoms with Gasteiger partial charge in [0.1, 0.15) is 24.2 Å². The number of halogens is 1. The SMILES string of the molecule is N#Cc1nc(-c2ccc(OCc3ccccc3Cl)cc2)oc1NC[C@@H](c1ccco1)N1CCOCC1. The lowest BCUT2D eigenvalue weighted by Gasteiger charge is -2.33. The van der Waals surface area contributed by atoms with E-state index in [4.69, 9.17) is 29.9 Å². The van der Waals surface area contributed by atoms with Gasteiger partial charge in [-0.3, -0.25) is 4.90 Å². The van der Waals surface area contributed by atoms with Crippen LogP contribution in [0.1, 0.15) is 23.1 Å². The number of nitrogens with zero attached hydrogens (tertiary/aromatic N) is 3. The topological polar surface area (TPSA) is 96.7 Å². The molecule has 0 saturated carbocycles. The second kappa shape index (κ2) is 11.3. The fraction of sp³-hybridized carbons (Fsp3) is 0.259. The van der Waals surface area contributed by atoms with Crippen molar-refractivity contribution in [2.75, 3.05) is 38.2 Å². The molecule has 0 unspecified atom stereocenters. The number of hydrogen-bond acceptors (Lipinski definition) is 8. The number of aromatic nitrogens is 1. The molecule has 1 saturated heterocycles. The molecule has 1 fully saturated rings. The smallest absolute Gasteiger partial charge is 0.232 e. The van der Waals surface area contributed by atoms with Crippen molar-refractivity contribution in [2.45, 2.75) is 12.6 Å². The zero-order chi connectivity index (χ0) is 24.7. The highest BCUT2D eigenvalue weighted by molar-refractivity contribution is 6.31. The summed E-state index contributed by atoms with van der Waals surface area (Å²) >= 11 is 6.20. The first-order valence-electron chi connectivity index (χ1n) is 11.7. The Kier molecular flexibility index (Phi) is 7.52. The van der Waals surface area contributed by atoms with Crippen molar-refractivity contribution < 1.29 is 18.3 Å². The highest BCUT2D eigenvalue weighted by Gasteiger charge is 2.26. The van der Waals surface area contributed by atoms with Crippen molar-refractivity contribution in [1.82, 2.24) is 9.88 Å². The van der Waals surface area contributed by atoms with Crippen LogP contribution in [0.2, 0.25) is 5.02 Å².